The summed E-state index contributed by atoms with van der Waals surface area (Å²) in [6.07, 6.45) is 0. The fourth-order valence-corrected chi connectivity index (χ4v) is 2.64. The van der Waals surface area contributed by atoms with E-state index in [4.69, 9.17) is 27.9 Å². The Bertz CT molecular complexity index is 800. The van der Waals surface area contributed by atoms with E-state index in [-0.39, 0.29) is 6.61 Å². The largest absolute Gasteiger partial charge is 0.456 e. The highest BCUT2D eigenvalue weighted by molar-refractivity contribution is 6.35. The van der Waals surface area contributed by atoms with Crippen LogP contribution in [0.1, 0.15) is 5.56 Å². The Kier molecular flexibility index (Phi) is 4.02. The maximum absolute atomic E-state index is 9.42. The molecule has 1 N–H and O–H groups in total. The molecule has 0 saturated heterocycles. The maximum Gasteiger partial charge on any atom is 0.135 e. The Balaban J connectivity index is 2.09. The molecule has 3 aromatic rings. The molecule has 0 saturated carbocycles. The molecule has 0 aliphatic heterocycles. The van der Waals surface area contributed by atoms with Crippen LogP contribution in [0.5, 0.6) is 11.5 Å². The number of hydrogen-bond acceptors (Lipinski definition) is 2. The molecular formula is C17H12Cl2O2. The predicted molar refractivity (Wildman–Crippen MR) is 86.4 cm³/mol. The van der Waals surface area contributed by atoms with E-state index in [9.17, 15) is 5.11 Å². The first-order valence-electron chi connectivity index (χ1n) is 6.43. The van der Waals surface area contributed by atoms with E-state index >= 15 is 0 Å². The third kappa shape index (κ3) is 2.84. The summed E-state index contributed by atoms with van der Waals surface area (Å²) in [5.41, 5.74) is 0.640. The van der Waals surface area contributed by atoms with Crippen LogP contribution < -0.4 is 4.74 Å². The number of aliphatic hydroxyl groups excluding tert-OH is 1. The zero-order valence-electron chi connectivity index (χ0n) is 11.0. The summed E-state index contributed by atoms with van der Waals surface area (Å²) in [6, 6.07) is 16.5. The van der Waals surface area contributed by atoms with Crippen LogP contribution in [0.3, 0.4) is 0 Å². The lowest BCUT2D eigenvalue weighted by Crippen LogP contribution is -1.92. The first-order valence-corrected chi connectivity index (χ1v) is 7.19. The molecule has 4 heteroatoms. The molecule has 0 aliphatic rings. The Morgan fingerprint density at radius 1 is 0.857 bits per heavy atom. The van der Waals surface area contributed by atoms with Crippen molar-refractivity contribution in [2.75, 3.05) is 0 Å². The Morgan fingerprint density at radius 2 is 1.57 bits per heavy atom. The number of fused-ring (bicyclic) bond motifs is 1. The van der Waals surface area contributed by atoms with E-state index in [1.165, 1.54) is 0 Å². The second-order valence-corrected chi connectivity index (χ2v) is 5.45. The SMILES string of the molecule is OCc1cc(Cl)ccc1Oc1ccc(Cl)c2ccccc12. The molecule has 0 spiro atoms. The van der Waals surface area contributed by atoms with Crippen molar-refractivity contribution >= 4 is 34.0 Å². The van der Waals surface area contributed by atoms with E-state index in [0.29, 0.717) is 27.1 Å². The smallest absolute Gasteiger partial charge is 0.135 e. The van der Waals surface area contributed by atoms with E-state index in [2.05, 4.69) is 0 Å². The Morgan fingerprint density at radius 3 is 2.33 bits per heavy atom. The van der Waals surface area contributed by atoms with Gasteiger partial charge in [0.1, 0.15) is 11.5 Å². The summed E-state index contributed by atoms with van der Waals surface area (Å²) >= 11 is 12.1. The Hall–Kier alpha value is -1.74. The van der Waals surface area contributed by atoms with Gasteiger partial charge in [-0.25, -0.2) is 0 Å². The molecule has 0 radical (unpaired) electrons. The number of hydrogen-bond donors (Lipinski definition) is 1. The Labute approximate surface area is 132 Å². The van der Waals surface area contributed by atoms with Crippen LogP contribution >= 0.6 is 23.2 Å². The van der Waals surface area contributed by atoms with Gasteiger partial charge in [-0.15, -0.1) is 0 Å². The number of ether oxygens (including phenoxy) is 1. The van der Waals surface area contributed by atoms with Gasteiger partial charge in [-0.1, -0.05) is 47.5 Å². The highest BCUT2D eigenvalue weighted by Gasteiger charge is 2.09. The summed E-state index contributed by atoms with van der Waals surface area (Å²) in [4.78, 5) is 0. The van der Waals surface area contributed by atoms with E-state index in [0.717, 1.165) is 10.8 Å². The third-order valence-electron chi connectivity index (χ3n) is 3.24. The molecule has 0 amide bonds. The second kappa shape index (κ2) is 5.94. The van der Waals surface area contributed by atoms with Crippen LogP contribution in [-0.4, -0.2) is 5.11 Å². The normalized spacial score (nSPS) is 10.8. The molecule has 0 fully saturated rings. The van der Waals surface area contributed by atoms with Crippen molar-refractivity contribution in [2.45, 2.75) is 6.61 Å². The molecular weight excluding hydrogens is 307 g/mol. The van der Waals surface area contributed by atoms with Gasteiger partial charge in [0.15, 0.2) is 0 Å². The van der Waals surface area contributed by atoms with Gasteiger partial charge in [0, 0.05) is 26.4 Å². The maximum atomic E-state index is 9.42. The number of halogens is 2. The number of benzene rings is 3. The van der Waals surface area contributed by atoms with Gasteiger partial charge in [-0.2, -0.15) is 0 Å². The van der Waals surface area contributed by atoms with Crippen molar-refractivity contribution in [1.82, 2.24) is 0 Å². The number of rotatable bonds is 3. The molecule has 3 aromatic carbocycles. The monoisotopic (exact) mass is 318 g/mol. The van der Waals surface area contributed by atoms with Gasteiger partial charge >= 0.3 is 0 Å². The first kappa shape index (κ1) is 14.2. The van der Waals surface area contributed by atoms with Crippen molar-refractivity contribution in [1.29, 1.82) is 0 Å². The van der Waals surface area contributed by atoms with E-state index in [1.807, 2.05) is 30.3 Å². The third-order valence-corrected chi connectivity index (χ3v) is 3.81. The average Bonchev–Trinajstić information content (AvgIpc) is 2.52. The van der Waals surface area contributed by atoms with Crippen LogP contribution in [0.4, 0.5) is 0 Å². The van der Waals surface area contributed by atoms with Crippen LogP contribution in [0.2, 0.25) is 10.0 Å². The van der Waals surface area contributed by atoms with Crippen molar-refractivity contribution in [3.05, 3.63) is 70.2 Å². The molecule has 0 unspecified atom stereocenters. The summed E-state index contributed by atoms with van der Waals surface area (Å²) < 4.78 is 5.95. The standard InChI is InChI=1S/C17H12Cl2O2/c18-12-5-7-16(11(9-12)10-20)21-17-8-6-15(19)13-3-1-2-4-14(13)17/h1-9,20H,10H2. The van der Waals surface area contributed by atoms with Crippen molar-refractivity contribution in [3.63, 3.8) is 0 Å². The molecule has 0 aliphatic carbocycles. The summed E-state index contributed by atoms with van der Waals surface area (Å²) in [5.74, 6) is 1.27. The quantitative estimate of drug-likeness (QED) is 0.697. The van der Waals surface area contributed by atoms with Gasteiger partial charge in [0.25, 0.3) is 0 Å². The average molecular weight is 319 g/mol. The lowest BCUT2D eigenvalue weighted by Gasteiger charge is -2.13. The highest BCUT2D eigenvalue weighted by atomic mass is 35.5. The number of aliphatic hydroxyl groups is 1. The molecule has 2 nitrogen and oxygen atoms in total. The van der Waals surface area contributed by atoms with Gasteiger partial charge in [-0.05, 0) is 30.3 Å². The molecule has 106 valence electrons. The minimum atomic E-state index is -0.137. The summed E-state index contributed by atoms with van der Waals surface area (Å²) in [6.45, 7) is -0.137. The van der Waals surface area contributed by atoms with Crippen molar-refractivity contribution < 1.29 is 9.84 Å². The van der Waals surface area contributed by atoms with Crippen LogP contribution in [-0.2, 0) is 6.61 Å². The second-order valence-electron chi connectivity index (χ2n) is 4.60. The fourth-order valence-electron chi connectivity index (χ4n) is 2.21. The van der Waals surface area contributed by atoms with Gasteiger partial charge in [-0.3, -0.25) is 0 Å². The molecule has 0 aromatic heterocycles. The highest BCUT2D eigenvalue weighted by Crippen LogP contribution is 2.35. The molecule has 21 heavy (non-hydrogen) atoms. The van der Waals surface area contributed by atoms with Crippen LogP contribution in [0.25, 0.3) is 10.8 Å². The first-order chi connectivity index (χ1) is 10.2. The molecule has 3 rings (SSSR count). The van der Waals surface area contributed by atoms with Crippen molar-refractivity contribution in [2.24, 2.45) is 0 Å². The minimum absolute atomic E-state index is 0.137. The van der Waals surface area contributed by atoms with Gasteiger partial charge in [0.2, 0.25) is 0 Å². The fraction of sp³-hybridized carbons (Fsp3) is 0.0588. The van der Waals surface area contributed by atoms with Crippen LogP contribution in [0.15, 0.2) is 54.6 Å². The van der Waals surface area contributed by atoms with E-state index in [1.54, 1.807) is 24.3 Å². The molecule has 0 bridgehead atoms. The topological polar surface area (TPSA) is 29.5 Å². The summed E-state index contributed by atoms with van der Waals surface area (Å²) in [5, 5.41) is 12.5. The molecule has 0 heterocycles. The summed E-state index contributed by atoms with van der Waals surface area (Å²) in [7, 11) is 0. The zero-order valence-corrected chi connectivity index (χ0v) is 12.5. The minimum Gasteiger partial charge on any atom is -0.456 e. The van der Waals surface area contributed by atoms with Crippen molar-refractivity contribution in [3.8, 4) is 11.5 Å². The molecule has 0 atom stereocenters. The lowest BCUT2D eigenvalue weighted by atomic mass is 10.1. The van der Waals surface area contributed by atoms with Crippen LogP contribution in [0, 0.1) is 0 Å². The lowest BCUT2D eigenvalue weighted by molar-refractivity contribution is 0.276. The predicted octanol–water partition coefficient (Wildman–Crippen LogP) is 5.43. The zero-order chi connectivity index (χ0) is 14.8. The van der Waals surface area contributed by atoms with E-state index < -0.39 is 0 Å². The van der Waals surface area contributed by atoms with Gasteiger partial charge < -0.3 is 9.84 Å². The van der Waals surface area contributed by atoms with Gasteiger partial charge in [0.05, 0.1) is 6.61 Å².